The zero-order valence-electron chi connectivity index (χ0n) is 12.0. The molecule has 0 spiro atoms. The van der Waals surface area contributed by atoms with Crippen molar-refractivity contribution in [2.24, 2.45) is 5.73 Å². The van der Waals surface area contributed by atoms with Gasteiger partial charge in [-0.3, -0.25) is 4.79 Å². The highest BCUT2D eigenvalue weighted by atomic mass is 79.9. The Bertz CT molecular complexity index is 625. The van der Waals surface area contributed by atoms with Crippen LogP contribution >= 0.6 is 27.3 Å². The van der Waals surface area contributed by atoms with Crippen LogP contribution < -0.4 is 11.1 Å². The van der Waals surface area contributed by atoms with Crippen molar-refractivity contribution >= 4 is 38.3 Å². The molecule has 1 unspecified atom stereocenters. The number of benzene rings is 1. The van der Waals surface area contributed by atoms with E-state index in [-0.39, 0.29) is 5.91 Å². The molecule has 0 aliphatic heterocycles. The first-order valence-electron chi connectivity index (χ1n) is 6.76. The number of rotatable bonds is 5. The normalized spacial score (nSPS) is 13.7. The number of carbonyl (C=O) groups is 1. The highest BCUT2D eigenvalue weighted by Gasteiger charge is 2.28. The Balaban J connectivity index is 2.18. The molecule has 112 valence electrons. The van der Waals surface area contributed by atoms with Crippen LogP contribution in [0.5, 0.6) is 0 Å². The van der Waals surface area contributed by atoms with Crippen molar-refractivity contribution in [2.75, 3.05) is 5.32 Å². The molecule has 2 rings (SSSR count). The van der Waals surface area contributed by atoms with Gasteiger partial charge >= 0.3 is 0 Å². The number of carbonyl (C=O) groups excluding carboxylic acids is 1. The molecule has 1 aromatic heterocycles. The quantitative estimate of drug-likeness (QED) is 0.837. The Hall–Kier alpha value is -1.24. The van der Waals surface area contributed by atoms with Crippen LogP contribution in [0.25, 0.3) is 11.3 Å². The lowest BCUT2D eigenvalue weighted by Crippen LogP contribution is -2.48. The summed E-state index contributed by atoms with van der Waals surface area (Å²) in [6.45, 7) is 3.75. The summed E-state index contributed by atoms with van der Waals surface area (Å²) in [5.41, 5.74) is 6.98. The fourth-order valence-electron chi connectivity index (χ4n) is 2.00. The van der Waals surface area contributed by atoms with Gasteiger partial charge in [0, 0.05) is 5.56 Å². The average Bonchev–Trinajstić information content (AvgIpc) is 2.80. The third-order valence-electron chi connectivity index (χ3n) is 3.14. The van der Waals surface area contributed by atoms with Crippen LogP contribution in [0, 0.1) is 0 Å². The number of nitrogens with two attached hydrogens (primary N) is 1. The molecule has 2 aromatic rings. The maximum Gasteiger partial charge on any atom is 0.245 e. The first-order valence-corrected chi connectivity index (χ1v) is 8.37. The molecule has 0 fully saturated rings. The molecule has 6 heteroatoms. The number of nitrogens with one attached hydrogen (secondary N) is 1. The molecule has 1 amide bonds. The maximum absolute atomic E-state index is 12.2. The van der Waals surface area contributed by atoms with E-state index in [1.54, 1.807) is 6.92 Å². The summed E-state index contributed by atoms with van der Waals surface area (Å²) in [5.74, 6) is -0.204. The number of hydrogen-bond acceptors (Lipinski definition) is 4. The topological polar surface area (TPSA) is 68.0 Å². The van der Waals surface area contributed by atoms with Crippen molar-refractivity contribution in [1.29, 1.82) is 0 Å². The lowest BCUT2D eigenvalue weighted by atomic mass is 9.97. The highest BCUT2D eigenvalue weighted by Crippen LogP contribution is 2.35. The number of amides is 1. The Labute approximate surface area is 136 Å². The Morgan fingerprint density at radius 1 is 1.43 bits per heavy atom. The largest absolute Gasteiger partial charge is 0.318 e. The van der Waals surface area contributed by atoms with Gasteiger partial charge in [-0.05, 0) is 29.3 Å². The minimum atomic E-state index is -0.875. The molecule has 4 nitrogen and oxygen atoms in total. The molecule has 1 heterocycles. The number of aromatic nitrogens is 1. The van der Waals surface area contributed by atoms with Crippen LogP contribution in [0.4, 0.5) is 5.13 Å². The highest BCUT2D eigenvalue weighted by molar-refractivity contribution is 9.11. The summed E-state index contributed by atoms with van der Waals surface area (Å²) in [6, 6.07) is 9.83. The molecule has 1 aromatic carbocycles. The van der Waals surface area contributed by atoms with E-state index in [2.05, 4.69) is 26.2 Å². The van der Waals surface area contributed by atoms with Crippen LogP contribution in [0.2, 0.25) is 0 Å². The number of nitrogens with zero attached hydrogens (tertiary/aromatic N) is 1. The van der Waals surface area contributed by atoms with Crippen LogP contribution in [-0.4, -0.2) is 16.4 Å². The van der Waals surface area contributed by atoms with Crippen molar-refractivity contribution in [3.8, 4) is 11.3 Å². The SMILES string of the molecule is CCCC(C)(N)C(=O)Nc1nc(-c2ccccc2)c(Br)s1. The van der Waals surface area contributed by atoms with Gasteiger partial charge in [0.2, 0.25) is 5.91 Å². The molecule has 0 saturated heterocycles. The van der Waals surface area contributed by atoms with Crippen LogP contribution in [0.1, 0.15) is 26.7 Å². The fraction of sp³-hybridized carbons (Fsp3) is 0.333. The van der Waals surface area contributed by atoms with E-state index in [1.165, 1.54) is 11.3 Å². The number of thiazole rings is 1. The molecule has 3 N–H and O–H groups in total. The zero-order chi connectivity index (χ0) is 15.5. The summed E-state index contributed by atoms with van der Waals surface area (Å²) in [7, 11) is 0. The summed E-state index contributed by atoms with van der Waals surface area (Å²) < 4.78 is 0.887. The van der Waals surface area contributed by atoms with Gasteiger partial charge in [0.15, 0.2) is 5.13 Å². The first kappa shape index (κ1) is 16.1. The maximum atomic E-state index is 12.2. The van der Waals surface area contributed by atoms with Crippen molar-refractivity contribution in [1.82, 2.24) is 4.98 Å². The molecule has 0 saturated carbocycles. The van der Waals surface area contributed by atoms with E-state index in [0.717, 1.165) is 21.5 Å². The van der Waals surface area contributed by atoms with Gasteiger partial charge in [-0.2, -0.15) is 0 Å². The minimum Gasteiger partial charge on any atom is -0.318 e. The fourth-order valence-corrected chi connectivity index (χ4v) is 3.49. The lowest BCUT2D eigenvalue weighted by Gasteiger charge is -2.21. The second-order valence-corrected chi connectivity index (χ2v) is 7.45. The number of hydrogen-bond donors (Lipinski definition) is 2. The monoisotopic (exact) mass is 367 g/mol. The molecule has 0 aliphatic rings. The van der Waals surface area contributed by atoms with Crippen LogP contribution in [0.3, 0.4) is 0 Å². The van der Waals surface area contributed by atoms with Crippen molar-refractivity contribution < 1.29 is 4.79 Å². The van der Waals surface area contributed by atoms with E-state index in [0.29, 0.717) is 11.6 Å². The third kappa shape index (κ3) is 3.90. The van der Waals surface area contributed by atoms with Crippen LogP contribution in [-0.2, 0) is 4.79 Å². The van der Waals surface area contributed by atoms with Gasteiger partial charge < -0.3 is 11.1 Å². The zero-order valence-corrected chi connectivity index (χ0v) is 14.4. The summed E-state index contributed by atoms with van der Waals surface area (Å²) in [6.07, 6.45) is 1.49. The molecule has 1 atom stereocenters. The second kappa shape index (κ2) is 6.68. The molecule has 0 radical (unpaired) electrons. The number of anilines is 1. The van der Waals surface area contributed by atoms with Crippen molar-refractivity contribution in [3.63, 3.8) is 0 Å². The van der Waals surface area contributed by atoms with Gasteiger partial charge in [-0.15, -0.1) is 0 Å². The predicted molar refractivity (Wildman–Crippen MR) is 91.4 cm³/mol. The Kier molecular flexibility index (Phi) is 5.13. The van der Waals surface area contributed by atoms with Gasteiger partial charge in [-0.1, -0.05) is 55.0 Å². The molecule has 21 heavy (non-hydrogen) atoms. The van der Waals surface area contributed by atoms with Gasteiger partial charge in [-0.25, -0.2) is 4.98 Å². The average molecular weight is 368 g/mol. The molecule has 0 bridgehead atoms. The standard InChI is InChI=1S/C15H18BrN3OS/c1-3-9-15(2,17)13(20)19-14-18-11(12(16)21-14)10-7-5-4-6-8-10/h4-8H,3,9,17H2,1-2H3,(H,18,19,20). The van der Waals surface area contributed by atoms with E-state index >= 15 is 0 Å². The summed E-state index contributed by atoms with van der Waals surface area (Å²) in [4.78, 5) is 16.7. The van der Waals surface area contributed by atoms with E-state index in [9.17, 15) is 4.79 Å². The predicted octanol–water partition coefficient (Wildman–Crippen LogP) is 4.03. The Morgan fingerprint density at radius 3 is 2.71 bits per heavy atom. The smallest absolute Gasteiger partial charge is 0.245 e. The van der Waals surface area contributed by atoms with Crippen molar-refractivity contribution in [3.05, 3.63) is 34.1 Å². The lowest BCUT2D eigenvalue weighted by molar-refractivity contribution is -0.120. The van der Waals surface area contributed by atoms with Crippen molar-refractivity contribution in [2.45, 2.75) is 32.2 Å². The van der Waals surface area contributed by atoms with E-state index in [1.807, 2.05) is 37.3 Å². The Morgan fingerprint density at radius 2 is 2.10 bits per heavy atom. The third-order valence-corrected chi connectivity index (χ3v) is 4.76. The summed E-state index contributed by atoms with van der Waals surface area (Å²) in [5, 5.41) is 3.37. The molecular weight excluding hydrogens is 350 g/mol. The van der Waals surface area contributed by atoms with E-state index in [4.69, 9.17) is 5.73 Å². The van der Waals surface area contributed by atoms with E-state index < -0.39 is 5.54 Å². The first-order chi connectivity index (χ1) is 9.94. The minimum absolute atomic E-state index is 0.204. The molecular formula is C15H18BrN3OS. The van der Waals surface area contributed by atoms with Crippen LogP contribution in [0.15, 0.2) is 34.1 Å². The number of halogens is 1. The summed E-state index contributed by atoms with van der Waals surface area (Å²) >= 11 is 4.89. The molecule has 0 aliphatic carbocycles. The van der Waals surface area contributed by atoms with Gasteiger partial charge in [0.25, 0.3) is 0 Å². The van der Waals surface area contributed by atoms with Gasteiger partial charge in [0.05, 0.1) is 15.0 Å². The second-order valence-electron chi connectivity index (χ2n) is 5.13. The van der Waals surface area contributed by atoms with Gasteiger partial charge in [0.1, 0.15) is 0 Å².